The average Bonchev–Trinajstić information content (AvgIpc) is 3.16. The van der Waals surface area contributed by atoms with Gasteiger partial charge in [0.1, 0.15) is 0 Å². The molecule has 160 valence electrons. The lowest BCUT2D eigenvalue weighted by Gasteiger charge is -2.39. The molecule has 3 heterocycles. The number of anilines is 1. The van der Waals surface area contributed by atoms with Gasteiger partial charge in [-0.25, -0.2) is 4.98 Å². The Labute approximate surface area is 178 Å². The molecule has 4 rings (SSSR count). The van der Waals surface area contributed by atoms with Crippen LogP contribution in [-0.4, -0.2) is 38.1 Å². The van der Waals surface area contributed by atoms with Crippen LogP contribution in [0.15, 0.2) is 41.3 Å². The molecule has 0 saturated carbocycles. The first-order valence-corrected chi connectivity index (χ1v) is 11.2. The number of aromatic amines is 1. The summed E-state index contributed by atoms with van der Waals surface area (Å²) in [5.41, 5.74) is 8.02. The maximum Gasteiger partial charge on any atom is 0.260 e. The SMILES string of the molecule is C[C@@H]1CCC[C@H](C)N1CCCCCn1c(=O)c(-c2cnc(N)[nH]2)cc2ccccc21. The summed E-state index contributed by atoms with van der Waals surface area (Å²) in [6.07, 6.45) is 8.91. The molecule has 0 radical (unpaired) electrons. The van der Waals surface area contributed by atoms with E-state index in [4.69, 9.17) is 5.73 Å². The molecular weight excluding hydrogens is 374 g/mol. The molecule has 30 heavy (non-hydrogen) atoms. The first kappa shape index (κ1) is 20.7. The number of aryl methyl sites for hydroxylation is 1. The van der Waals surface area contributed by atoms with E-state index in [1.807, 2.05) is 34.9 Å². The lowest BCUT2D eigenvalue weighted by molar-refractivity contribution is 0.101. The molecule has 0 aliphatic carbocycles. The van der Waals surface area contributed by atoms with Gasteiger partial charge in [0.05, 0.1) is 23.0 Å². The van der Waals surface area contributed by atoms with E-state index in [0.29, 0.717) is 29.3 Å². The molecular formula is C24H33N5O. The number of nitrogens with zero attached hydrogens (tertiary/aromatic N) is 3. The molecule has 3 N–H and O–H groups in total. The Kier molecular flexibility index (Phi) is 6.23. The number of benzene rings is 1. The number of hydrogen-bond donors (Lipinski definition) is 2. The summed E-state index contributed by atoms with van der Waals surface area (Å²) >= 11 is 0. The number of para-hydroxylation sites is 1. The van der Waals surface area contributed by atoms with Gasteiger partial charge in [0.2, 0.25) is 0 Å². The lowest BCUT2D eigenvalue weighted by Crippen LogP contribution is -2.44. The smallest absolute Gasteiger partial charge is 0.260 e. The molecule has 1 aliphatic rings. The molecule has 1 aromatic carbocycles. The van der Waals surface area contributed by atoms with Crippen LogP contribution in [0.2, 0.25) is 0 Å². The summed E-state index contributed by atoms with van der Waals surface area (Å²) in [6.45, 7) is 6.59. The largest absolute Gasteiger partial charge is 0.369 e. The van der Waals surface area contributed by atoms with Crippen molar-refractivity contribution in [2.75, 3.05) is 12.3 Å². The highest BCUT2D eigenvalue weighted by Gasteiger charge is 2.23. The molecule has 1 aliphatic heterocycles. The number of likely N-dealkylation sites (tertiary alicyclic amines) is 1. The second kappa shape index (κ2) is 9.04. The summed E-state index contributed by atoms with van der Waals surface area (Å²) in [7, 11) is 0. The number of imidazole rings is 1. The highest BCUT2D eigenvalue weighted by Crippen LogP contribution is 2.23. The fourth-order valence-electron chi connectivity index (χ4n) is 4.87. The van der Waals surface area contributed by atoms with Gasteiger partial charge in [0, 0.05) is 18.6 Å². The summed E-state index contributed by atoms with van der Waals surface area (Å²) < 4.78 is 1.91. The number of pyridine rings is 1. The Bertz CT molecular complexity index is 1040. The number of hydrogen-bond acceptors (Lipinski definition) is 4. The van der Waals surface area contributed by atoms with E-state index in [1.54, 1.807) is 6.20 Å². The van der Waals surface area contributed by atoms with Crippen molar-refractivity contribution in [3.63, 3.8) is 0 Å². The predicted molar refractivity (Wildman–Crippen MR) is 124 cm³/mol. The van der Waals surface area contributed by atoms with Crippen LogP contribution < -0.4 is 11.3 Å². The third-order valence-electron chi connectivity index (χ3n) is 6.56. The van der Waals surface area contributed by atoms with Crippen LogP contribution in [0.5, 0.6) is 0 Å². The Morgan fingerprint density at radius 1 is 1.10 bits per heavy atom. The molecule has 6 heteroatoms. The summed E-state index contributed by atoms with van der Waals surface area (Å²) in [5, 5.41) is 1.05. The van der Waals surface area contributed by atoms with Gasteiger partial charge in [0.15, 0.2) is 5.95 Å². The van der Waals surface area contributed by atoms with E-state index < -0.39 is 0 Å². The number of unbranched alkanes of at least 4 members (excludes halogenated alkanes) is 2. The Hall–Kier alpha value is -2.60. The summed E-state index contributed by atoms with van der Waals surface area (Å²) in [4.78, 5) is 23.0. The van der Waals surface area contributed by atoms with E-state index >= 15 is 0 Å². The van der Waals surface area contributed by atoms with Gasteiger partial charge >= 0.3 is 0 Å². The van der Waals surface area contributed by atoms with Crippen LogP contribution in [0, 0.1) is 0 Å². The minimum absolute atomic E-state index is 0.00984. The minimum atomic E-state index is 0.00984. The highest BCUT2D eigenvalue weighted by atomic mass is 16.1. The van der Waals surface area contributed by atoms with Crippen LogP contribution in [0.3, 0.4) is 0 Å². The van der Waals surface area contributed by atoms with Gasteiger partial charge in [-0.15, -0.1) is 0 Å². The standard InChI is InChI=1S/C24H33N5O/c1-17-9-8-10-18(2)28(17)13-6-3-7-14-29-22-12-5-4-11-19(22)15-20(23(29)30)21-16-26-24(25)27-21/h4-5,11-12,15-18H,3,6-10,13-14H2,1-2H3,(H3,25,26,27)/t17-,18+. The van der Waals surface area contributed by atoms with E-state index in [9.17, 15) is 4.79 Å². The molecule has 0 unspecified atom stereocenters. The maximum absolute atomic E-state index is 13.3. The molecule has 0 spiro atoms. The zero-order chi connectivity index (χ0) is 21.1. The van der Waals surface area contributed by atoms with Crippen LogP contribution in [0.25, 0.3) is 22.2 Å². The number of H-pyrrole nitrogens is 1. The number of fused-ring (bicyclic) bond motifs is 1. The van der Waals surface area contributed by atoms with Crippen molar-refractivity contribution >= 4 is 16.9 Å². The second-order valence-electron chi connectivity index (χ2n) is 8.68. The van der Waals surface area contributed by atoms with Gasteiger partial charge in [-0.2, -0.15) is 0 Å². The number of rotatable bonds is 7. The first-order chi connectivity index (χ1) is 14.5. The number of piperidine rings is 1. The zero-order valence-corrected chi connectivity index (χ0v) is 18.1. The van der Waals surface area contributed by atoms with Crippen molar-refractivity contribution in [3.05, 3.63) is 46.9 Å². The molecule has 0 amide bonds. The third kappa shape index (κ3) is 4.29. The number of nitrogens with one attached hydrogen (secondary N) is 1. The second-order valence-corrected chi connectivity index (χ2v) is 8.68. The Morgan fingerprint density at radius 2 is 1.83 bits per heavy atom. The number of aromatic nitrogens is 3. The van der Waals surface area contributed by atoms with Gasteiger partial charge in [-0.1, -0.05) is 31.0 Å². The van der Waals surface area contributed by atoms with Crippen molar-refractivity contribution in [2.24, 2.45) is 0 Å². The van der Waals surface area contributed by atoms with E-state index in [2.05, 4.69) is 28.7 Å². The summed E-state index contributed by atoms with van der Waals surface area (Å²) in [5.74, 6) is 0.324. The van der Waals surface area contributed by atoms with E-state index in [1.165, 1.54) is 25.7 Å². The first-order valence-electron chi connectivity index (χ1n) is 11.2. The van der Waals surface area contributed by atoms with Gasteiger partial charge < -0.3 is 15.3 Å². The monoisotopic (exact) mass is 407 g/mol. The minimum Gasteiger partial charge on any atom is -0.369 e. The lowest BCUT2D eigenvalue weighted by atomic mass is 9.97. The number of nitrogens with two attached hydrogens (primary N) is 1. The fourth-order valence-corrected chi connectivity index (χ4v) is 4.87. The maximum atomic E-state index is 13.3. The van der Waals surface area contributed by atoms with E-state index in [0.717, 1.165) is 36.8 Å². The van der Waals surface area contributed by atoms with Crippen molar-refractivity contribution in [3.8, 4) is 11.3 Å². The highest BCUT2D eigenvalue weighted by molar-refractivity contribution is 5.83. The molecule has 0 bridgehead atoms. The van der Waals surface area contributed by atoms with Gasteiger partial charge in [-0.3, -0.25) is 9.69 Å². The Balaban J connectivity index is 1.47. The zero-order valence-electron chi connectivity index (χ0n) is 18.1. The fraction of sp³-hybridized carbons (Fsp3) is 0.500. The van der Waals surface area contributed by atoms with Crippen molar-refractivity contribution < 1.29 is 0 Å². The average molecular weight is 408 g/mol. The van der Waals surface area contributed by atoms with Crippen LogP contribution in [0.4, 0.5) is 5.95 Å². The molecule has 1 fully saturated rings. The topological polar surface area (TPSA) is 79.9 Å². The van der Waals surface area contributed by atoms with Gasteiger partial charge in [0.25, 0.3) is 5.56 Å². The molecule has 2 aromatic heterocycles. The molecule has 1 saturated heterocycles. The predicted octanol–water partition coefficient (Wildman–Crippen LogP) is 4.41. The van der Waals surface area contributed by atoms with Crippen LogP contribution in [-0.2, 0) is 6.54 Å². The van der Waals surface area contributed by atoms with E-state index in [-0.39, 0.29) is 5.56 Å². The van der Waals surface area contributed by atoms with Crippen LogP contribution >= 0.6 is 0 Å². The molecule has 6 nitrogen and oxygen atoms in total. The molecule has 3 aromatic rings. The third-order valence-corrected chi connectivity index (χ3v) is 6.56. The van der Waals surface area contributed by atoms with Crippen LogP contribution in [0.1, 0.15) is 52.4 Å². The quantitative estimate of drug-likeness (QED) is 0.569. The molecule has 2 atom stereocenters. The number of nitrogen functional groups attached to an aromatic ring is 1. The van der Waals surface area contributed by atoms with Crippen molar-refractivity contribution in [1.29, 1.82) is 0 Å². The van der Waals surface area contributed by atoms with Crippen molar-refractivity contribution in [1.82, 2.24) is 19.4 Å². The Morgan fingerprint density at radius 3 is 2.57 bits per heavy atom. The van der Waals surface area contributed by atoms with Gasteiger partial charge in [-0.05, 0) is 63.6 Å². The normalized spacial score (nSPS) is 20.1. The van der Waals surface area contributed by atoms with Crippen molar-refractivity contribution in [2.45, 2.75) is 71.0 Å². The summed E-state index contributed by atoms with van der Waals surface area (Å²) in [6, 6.07) is 11.4.